The molecule has 38 heavy (non-hydrogen) atoms. The molecule has 0 unspecified atom stereocenters. The highest BCUT2D eigenvalue weighted by Gasteiger charge is 2.22. The molecule has 1 saturated heterocycles. The molecule has 1 amide bonds. The highest BCUT2D eigenvalue weighted by molar-refractivity contribution is 7.80. The van der Waals surface area contributed by atoms with Crippen LogP contribution in [0.2, 0.25) is 0 Å². The Kier molecular flexibility index (Phi) is 8.84. The predicted octanol–water partition coefficient (Wildman–Crippen LogP) is 5.66. The third-order valence-electron chi connectivity index (χ3n) is 6.55. The Bertz CT molecular complexity index is 1300. The fraction of sp³-hybridized carbons (Fsp3) is 0.333. The number of nitrogens with one attached hydrogen (secondary N) is 1. The van der Waals surface area contributed by atoms with Gasteiger partial charge in [0.2, 0.25) is 0 Å². The number of amides is 1. The average Bonchev–Trinajstić information content (AvgIpc) is 2.90. The van der Waals surface area contributed by atoms with E-state index in [1.165, 1.54) is 6.07 Å². The molecule has 0 spiro atoms. The van der Waals surface area contributed by atoms with Crippen molar-refractivity contribution in [3.8, 4) is 11.5 Å². The second kappa shape index (κ2) is 12.3. The molecule has 1 heterocycles. The van der Waals surface area contributed by atoms with Crippen LogP contribution in [0.15, 0.2) is 54.6 Å². The molecule has 1 aliphatic rings. The summed E-state index contributed by atoms with van der Waals surface area (Å²) in [4.78, 5) is 17.5. The van der Waals surface area contributed by atoms with E-state index in [2.05, 4.69) is 10.2 Å². The van der Waals surface area contributed by atoms with Gasteiger partial charge in [-0.2, -0.15) is 0 Å². The van der Waals surface area contributed by atoms with Crippen molar-refractivity contribution in [1.29, 1.82) is 0 Å². The van der Waals surface area contributed by atoms with Gasteiger partial charge in [-0.3, -0.25) is 4.79 Å². The summed E-state index contributed by atoms with van der Waals surface area (Å²) in [7, 11) is 0. The highest BCUT2D eigenvalue weighted by Crippen LogP contribution is 2.30. The zero-order chi connectivity index (χ0) is 27.2. The van der Waals surface area contributed by atoms with E-state index in [1.807, 2.05) is 62.9 Å². The van der Waals surface area contributed by atoms with Gasteiger partial charge in [-0.1, -0.05) is 42.0 Å². The van der Waals surface area contributed by atoms with E-state index in [9.17, 15) is 9.18 Å². The summed E-state index contributed by atoms with van der Waals surface area (Å²) < 4.78 is 25.9. The normalized spacial score (nSPS) is 13.3. The lowest BCUT2D eigenvalue weighted by molar-refractivity contribution is -0.118. The van der Waals surface area contributed by atoms with Crippen LogP contribution in [0.4, 0.5) is 15.8 Å². The van der Waals surface area contributed by atoms with E-state index >= 15 is 0 Å². The van der Waals surface area contributed by atoms with Gasteiger partial charge in [0.1, 0.15) is 10.8 Å². The Labute approximate surface area is 229 Å². The Morgan fingerprint density at radius 1 is 0.947 bits per heavy atom. The summed E-state index contributed by atoms with van der Waals surface area (Å²) in [5.41, 5.74) is 5.45. The van der Waals surface area contributed by atoms with Crippen molar-refractivity contribution in [2.45, 2.75) is 27.7 Å². The standard InChI is InChI=1S/C30H34FN3O3S/c1-5-36-27-18-23(30(38)34-14-12-33(13-15-34)25-9-7-6-8-24(25)31)10-11-26(27)37-19-28(35)32-29-21(3)16-20(2)17-22(29)4/h6-11,16-18H,5,12-15,19H2,1-4H3,(H,32,35). The molecule has 1 N–H and O–H groups in total. The van der Waals surface area contributed by atoms with Gasteiger partial charge in [0, 0.05) is 37.4 Å². The summed E-state index contributed by atoms with van der Waals surface area (Å²) >= 11 is 5.79. The van der Waals surface area contributed by atoms with Crippen LogP contribution < -0.4 is 19.7 Å². The maximum absolute atomic E-state index is 14.2. The number of hydrogen-bond acceptors (Lipinski definition) is 5. The van der Waals surface area contributed by atoms with Crippen molar-refractivity contribution in [1.82, 2.24) is 4.90 Å². The first-order chi connectivity index (χ1) is 18.3. The molecule has 6 nitrogen and oxygen atoms in total. The van der Waals surface area contributed by atoms with Crippen LogP contribution in [0.1, 0.15) is 29.2 Å². The number of nitrogens with zero attached hydrogens (tertiary/aromatic N) is 2. The monoisotopic (exact) mass is 535 g/mol. The number of benzene rings is 3. The maximum Gasteiger partial charge on any atom is 0.262 e. The summed E-state index contributed by atoms with van der Waals surface area (Å²) in [6.07, 6.45) is 0. The van der Waals surface area contributed by atoms with E-state index in [0.29, 0.717) is 55.0 Å². The number of carbonyl (C=O) groups is 1. The molecule has 0 atom stereocenters. The van der Waals surface area contributed by atoms with Crippen LogP contribution >= 0.6 is 12.2 Å². The molecular weight excluding hydrogens is 501 g/mol. The molecule has 0 bridgehead atoms. The molecule has 8 heteroatoms. The summed E-state index contributed by atoms with van der Waals surface area (Å²) in [6, 6.07) is 16.5. The number of halogens is 1. The lowest BCUT2D eigenvalue weighted by Gasteiger charge is -2.37. The zero-order valence-corrected chi connectivity index (χ0v) is 23.2. The Morgan fingerprint density at radius 2 is 1.63 bits per heavy atom. The van der Waals surface area contributed by atoms with Crippen LogP contribution in [-0.2, 0) is 4.79 Å². The number of thiocarbonyl (C=S) groups is 1. The third-order valence-corrected chi connectivity index (χ3v) is 7.04. The maximum atomic E-state index is 14.2. The largest absolute Gasteiger partial charge is 0.490 e. The lowest BCUT2D eigenvalue weighted by Crippen LogP contribution is -2.48. The fourth-order valence-electron chi connectivity index (χ4n) is 4.77. The van der Waals surface area contributed by atoms with Crippen molar-refractivity contribution in [2.24, 2.45) is 0 Å². The molecule has 4 rings (SSSR count). The quantitative estimate of drug-likeness (QED) is 0.376. The van der Waals surface area contributed by atoms with Gasteiger partial charge in [0.15, 0.2) is 18.1 Å². The van der Waals surface area contributed by atoms with Gasteiger partial charge in [-0.15, -0.1) is 0 Å². The molecule has 0 saturated carbocycles. The van der Waals surface area contributed by atoms with E-state index in [0.717, 1.165) is 27.9 Å². The van der Waals surface area contributed by atoms with Crippen molar-refractivity contribution in [3.05, 3.63) is 82.7 Å². The van der Waals surface area contributed by atoms with Crippen LogP contribution in [-0.4, -0.2) is 55.2 Å². The fourth-order valence-corrected chi connectivity index (χ4v) is 5.08. The Hall–Kier alpha value is -3.65. The smallest absolute Gasteiger partial charge is 0.262 e. The number of anilines is 2. The minimum atomic E-state index is -0.241. The molecule has 0 radical (unpaired) electrons. The van der Waals surface area contributed by atoms with Gasteiger partial charge in [0.25, 0.3) is 5.91 Å². The number of para-hydroxylation sites is 1. The molecule has 3 aromatic carbocycles. The first kappa shape index (κ1) is 27.4. The molecular formula is C30H34FN3O3S. The topological polar surface area (TPSA) is 54.0 Å². The number of piperazine rings is 1. The SMILES string of the molecule is CCOc1cc(C(=S)N2CCN(c3ccccc3F)CC2)ccc1OCC(=O)Nc1c(C)cc(C)cc1C. The van der Waals surface area contributed by atoms with Crippen molar-refractivity contribution in [3.63, 3.8) is 0 Å². The first-order valence-corrected chi connectivity index (χ1v) is 13.2. The van der Waals surface area contributed by atoms with Gasteiger partial charge in [-0.05, 0) is 69.2 Å². The van der Waals surface area contributed by atoms with E-state index in [1.54, 1.807) is 18.2 Å². The second-order valence-electron chi connectivity index (χ2n) is 9.44. The molecule has 200 valence electrons. The van der Waals surface area contributed by atoms with Crippen molar-refractivity contribution < 1.29 is 18.7 Å². The number of rotatable bonds is 8. The Morgan fingerprint density at radius 3 is 2.29 bits per heavy atom. The van der Waals surface area contributed by atoms with Crippen LogP contribution in [0.25, 0.3) is 0 Å². The van der Waals surface area contributed by atoms with Gasteiger partial charge in [-0.25, -0.2) is 4.39 Å². The van der Waals surface area contributed by atoms with E-state index in [4.69, 9.17) is 21.7 Å². The molecule has 0 aromatic heterocycles. The number of hydrogen-bond donors (Lipinski definition) is 1. The minimum Gasteiger partial charge on any atom is -0.490 e. The van der Waals surface area contributed by atoms with Crippen LogP contribution in [0.5, 0.6) is 11.5 Å². The molecule has 3 aromatic rings. The van der Waals surface area contributed by atoms with E-state index in [-0.39, 0.29) is 18.3 Å². The lowest BCUT2D eigenvalue weighted by atomic mass is 10.1. The van der Waals surface area contributed by atoms with Crippen molar-refractivity contribution >= 4 is 34.5 Å². The zero-order valence-electron chi connectivity index (χ0n) is 22.3. The summed E-state index contributed by atoms with van der Waals surface area (Å²) in [5.74, 6) is 0.566. The number of ether oxygens (including phenoxy) is 2. The summed E-state index contributed by atoms with van der Waals surface area (Å²) in [5, 5.41) is 2.96. The predicted molar refractivity (Wildman–Crippen MR) is 154 cm³/mol. The third kappa shape index (κ3) is 6.42. The minimum absolute atomic E-state index is 0.144. The molecule has 1 aliphatic heterocycles. The second-order valence-corrected chi connectivity index (χ2v) is 9.82. The van der Waals surface area contributed by atoms with Crippen LogP contribution in [0, 0.1) is 26.6 Å². The van der Waals surface area contributed by atoms with Gasteiger partial charge in [0.05, 0.1) is 12.3 Å². The van der Waals surface area contributed by atoms with Gasteiger partial charge >= 0.3 is 0 Å². The molecule has 1 fully saturated rings. The first-order valence-electron chi connectivity index (χ1n) is 12.8. The van der Waals surface area contributed by atoms with Gasteiger partial charge < -0.3 is 24.6 Å². The summed E-state index contributed by atoms with van der Waals surface area (Å²) in [6.45, 7) is 10.9. The molecule has 0 aliphatic carbocycles. The average molecular weight is 536 g/mol. The number of aryl methyl sites for hydroxylation is 3. The van der Waals surface area contributed by atoms with Crippen LogP contribution in [0.3, 0.4) is 0 Å². The van der Waals surface area contributed by atoms with E-state index < -0.39 is 0 Å². The van der Waals surface area contributed by atoms with Crippen molar-refractivity contribution in [2.75, 3.05) is 49.6 Å². The Balaban J connectivity index is 1.39. The highest BCUT2D eigenvalue weighted by atomic mass is 32.1. The number of carbonyl (C=O) groups excluding carboxylic acids is 1.